The maximum absolute atomic E-state index is 13.0. The van der Waals surface area contributed by atoms with Gasteiger partial charge < -0.3 is 0 Å². The van der Waals surface area contributed by atoms with Crippen molar-refractivity contribution >= 4 is 11.6 Å². The summed E-state index contributed by atoms with van der Waals surface area (Å²) in [5.74, 6) is 0.145. The Hall–Kier alpha value is -1.34. The third kappa shape index (κ3) is 3.33. The molecule has 0 saturated carbocycles. The fourth-order valence-corrected chi connectivity index (χ4v) is 2.23. The zero-order valence-corrected chi connectivity index (χ0v) is 11.1. The van der Waals surface area contributed by atoms with E-state index in [9.17, 15) is 4.39 Å². The van der Waals surface area contributed by atoms with Gasteiger partial charge in [-0.15, -0.1) is 0 Å². The van der Waals surface area contributed by atoms with Gasteiger partial charge in [-0.05, 0) is 42.0 Å². The minimum absolute atomic E-state index is 0.208. The van der Waals surface area contributed by atoms with Gasteiger partial charge in [0.25, 0.3) is 0 Å². The Bertz CT molecular complexity index is 508. The van der Waals surface area contributed by atoms with Crippen LogP contribution in [0.5, 0.6) is 0 Å². The van der Waals surface area contributed by atoms with E-state index in [1.807, 2.05) is 6.07 Å². The Morgan fingerprint density at radius 1 is 1.11 bits per heavy atom. The first-order valence-electron chi connectivity index (χ1n) is 6.15. The highest BCUT2D eigenvalue weighted by molar-refractivity contribution is 6.30. The molecule has 0 radical (unpaired) electrons. The van der Waals surface area contributed by atoms with E-state index in [2.05, 4.69) is 31.2 Å². The lowest BCUT2D eigenvalue weighted by atomic mass is 9.94. The van der Waals surface area contributed by atoms with Crippen LogP contribution in [-0.4, -0.2) is 0 Å². The first-order valence-corrected chi connectivity index (χ1v) is 6.53. The fraction of sp³-hybridized carbons (Fsp3) is 0.250. The average Bonchev–Trinajstić information content (AvgIpc) is 2.41. The molecule has 2 heteroatoms. The molecule has 18 heavy (non-hydrogen) atoms. The van der Waals surface area contributed by atoms with Crippen LogP contribution in [0.2, 0.25) is 5.02 Å². The monoisotopic (exact) mass is 262 g/mol. The van der Waals surface area contributed by atoms with Crippen LogP contribution in [0.3, 0.4) is 0 Å². The molecule has 94 valence electrons. The van der Waals surface area contributed by atoms with Gasteiger partial charge in [-0.1, -0.05) is 54.9 Å². The molecule has 2 aromatic rings. The lowest BCUT2D eigenvalue weighted by molar-refractivity contribution is 0.625. The Kier molecular flexibility index (Phi) is 4.38. The number of benzene rings is 2. The summed E-state index contributed by atoms with van der Waals surface area (Å²) in [6, 6.07) is 15.4. The number of halogens is 2. The zero-order chi connectivity index (χ0) is 13.0. The Morgan fingerprint density at radius 2 is 1.83 bits per heavy atom. The van der Waals surface area contributed by atoms with Gasteiger partial charge in [-0.2, -0.15) is 0 Å². The van der Waals surface area contributed by atoms with E-state index >= 15 is 0 Å². The van der Waals surface area contributed by atoms with Crippen LogP contribution in [0.25, 0.3) is 0 Å². The van der Waals surface area contributed by atoms with Gasteiger partial charge in [0.15, 0.2) is 0 Å². The van der Waals surface area contributed by atoms with Crippen molar-refractivity contribution < 1.29 is 4.39 Å². The maximum atomic E-state index is 13.0. The predicted molar refractivity (Wildman–Crippen MR) is 74.6 cm³/mol. The van der Waals surface area contributed by atoms with Crippen molar-refractivity contribution in [2.24, 2.45) is 0 Å². The smallest absolute Gasteiger partial charge is 0.141 e. The van der Waals surface area contributed by atoms with E-state index in [0.29, 0.717) is 5.92 Å². The van der Waals surface area contributed by atoms with E-state index in [-0.39, 0.29) is 10.8 Å². The van der Waals surface area contributed by atoms with E-state index in [1.165, 1.54) is 11.6 Å². The summed E-state index contributed by atoms with van der Waals surface area (Å²) in [6.45, 7) is 2.21. The van der Waals surface area contributed by atoms with Gasteiger partial charge in [0, 0.05) is 0 Å². The van der Waals surface area contributed by atoms with Crippen molar-refractivity contribution in [3.63, 3.8) is 0 Å². The SMILES string of the molecule is CC(CCc1ccc(F)c(Cl)c1)c1ccccc1. The molecule has 0 aromatic heterocycles. The van der Waals surface area contributed by atoms with Gasteiger partial charge in [0.05, 0.1) is 5.02 Å². The highest BCUT2D eigenvalue weighted by Crippen LogP contribution is 2.22. The quantitative estimate of drug-likeness (QED) is 0.709. The third-order valence-electron chi connectivity index (χ3n) is 3.22. The standard InChI is InChI=1S/C16H16ClF/c1-12(14-5-3-2-4-6-14)7-8-13-9-10-16(18)15(17)11-13/h2-6,9-12H,7-8H2,1H3. The maximum Gasteiger partial charge on any atom is 0.141 e. The van der Waals surface area contributed by atoms with Crippen LogP contribution in [0, 0.1) is 5.82 Å². The molecule has 0 amide bonds. The predicted octanol–water partition coefficient (Wildman–Crippen LogP) is 5.22. The van der Waals surface area contributed by atoms with E-state index < -0.39 is 0 Å². The van der Waals surface area contributed by atoms with Crippen LogP contribution < -0.4 is 0 Å². The summed E-state index contributed by atoms with van der Waals surface area (Å²) in [5.41, 5.74) is 2.43. The minimum atomic E-state index is -0.350. The van der Waals surface area contributed by atoms with Crippen molar-refractivity contribution in [1.29, 1.82) is 0 Å². The molecule has 0 saturated heterocycles. The van der Waals surface area contributed by atoms with Gasteiger partial charge in [0.2, 0.25) is 0 Å². The Balaban J connectivity index is 1.97. The summed E-state index contributed by atoms with van der Waals surface area (Å²) in [7, 11) is 0. The first kappa shape index (κ1) is 13.1. The highest BCUT2D eigenvalue weighted by Gasteiger charge is 2.06. The van der Waals surface area contributed by atoms with E-state index in [4.69, 9.17) is 11.6 Å². The summed E-state index contributed by atoms with van der Waals surface area (Å²) in [4.78, 5) is 0. The molecule has 0 N–H and O–H groups in total. The molecule has 2 rings (SSSR count). The highest BCUT2D eigenvalue weighted by atomic mass is 35.5. The molecule has 0 bridgehead atoms. The van der Waals surface area contributed by atoms with Crippen molar-refractivity contribution in [2.45, 2.75) is 25.7 Å². The lowest BCUT2D eigenvalue weighted by Crippen LogP contribution is -1.96. The Morgan fingerprint density at radius 3 is 2.50 bits per heavy atom. The third-order valence-corrected chi connectivity index (χ3v) is 3.51. The van der Waals surface area contributed by atoms with Gasteiger partial charge in [0.1, 0.15) is 5.82 Å². The normalized spacial score (nSPS) is 12.4. The molecule has 1 atom stereocenters. The topological polar surface area (TPSA) is 0 Å². The molecule has 0 heterocycles. The molecule has 0 nitrogen and oxygen atoms in total. The van der Waals surface area contributed by atoms with Crippen molar-refractivity contribution in [3.05, 3.63) is 70.5 Å². The van der Waals surface area contributed by atoms with Crippen LogP contribution in [0.4, 0.5) is 4.39 Å². The second-order valence-electron chi connectivity index (χ2n) is 4.60. The van der Waals surface area contributed by atoms with Crippen molar-refractivity contribution in [2.75, 3.05) is 0 Å². The van der Waals surface area contributed by atoms with Crippen LogP contribution in [-0.2, 0) is 6.42 Å². The second-order valence-corrected chi connectivity index (χ2v) is 5.01. The van der Waals surface area contributed by atoms with Crippen LogP contribution in [0.15, 0.2) is 48.5 Å². The zero-order valence-electron chi connectivity index (χ0n) is 10.4. The summed E-state index contributed by atoms with van der Waals surface area (Å²) in [5, 5.41) is 0.208. The van der Waals surface area contributed by atoms with E-state index in [0.717, 1.165) is 18.4 Å². The summed E-state index contributed by atoms with van der Waals surface area (Å²) < 4.78 is 13.0. The molecule has 0 aliphatic heterocycles. The molecular weight excluding hydrogens is 247 g/mol. The number of rotatable bonds is 4. The summed E-state index contributed by atoms with van der Waals surface area (Å²) in [6.07, 6.45) is 1.95. The molecule has 0 spiro atoms. The molecule has 0 aliphatic rings. The fourth-order valence-electron chi connectivity index (χ4n) is 2.03. The first-order chi connectivity index (χ1) is 8.66. The molecule has 0 aliphatic carbocycles. The molecule has 0 fully saturated rings. The largest absolute Gasteiger partial charge is 0.205 e. The average molecular weight is 263 g/mol. The second kappa shape index (κ2) is 6.01. The van der Waals surface area contributed by atoms with Crippen LogP contribution >= 0.6 is 11.6 Å². The molecule has 2 aromatic carbocycles. The van der Waals surface area contributed by atoms with Gasteiger partial charge in [-0.3, -0.25) is 0 Å². The van der Waals surface area contributed by atoms with Gasteiger partial charge >= 0.3 is 0 Å². The molecular formula is C16H16ClF. The summed E-state index contributed by atoms with van der Waals surface area (Å²) >= 11 is 5.77. The van der Waals surface area contributed by atoms with Gasteiger partial charge in [-0.25, -0.2) is 4.39 Å². The van der Waals surface area contributed by atoms with Crippen molar-refractivity contribution in [3.8, 4) is 0 Å². The number of hydrogen-bond acceptors (Lipinski definition) is 0. The van der Waals surface area contributed by atoms with Crippen LogP contribution in [0.1, 0.15) is 30.4 Å². The van der Waals surface area contributed by atoms with E-state index in [1.54, 1.807) is 12.1 Å². The van der Waals surface area contributed by atoms with Crippen molar-refractivity contribution in [1.82, 2.24) is 0 Å². The number of hydrogen-bond donors (Lipinski definition) is 0. The Labute approximate surface area is 112 Å². The minimum Gasteiger partial charge on any atom is -0.205 e. The molecule has 1 unspecified atom stereocenters. The number of aryl methyl sites for hydroxylation is 1. The lowest BCUT2D eigenvalue weighted by Gasteiger charge is -2.11.